The van der Waals surface area contributed by atoms with Gasteiger partial charge in [0.25, 0.3) is 0 Å². The van der Waals surface area contributed by atoms with Crippen LogP contribution in [0.4, 0.5) is 0 Å². The molecule has 0 saturated carbocycles. The van der Waals surface area contributed by atoms with Gasteiger partial charge in [-0.15, -0.1) is 0 Å². The maximum atomic E-state index is 12.5. The molecule has 0 aromatic rings. The Hall–Kier alpha value is -0.610. The Morgan fingerprint density at radius 1 is 0.317 bits per heavy atom. The highest BCUT2D eigenvalue weighted by Gasteiger charge is 2.20. The lowest BCUT2D eigenvalue weighted by molar-refractivity contribution is -0.123. The monoisotopic (exact) mass is 890 g/mol. The molecule has 2 atom stereocenters. The van der Waals surface area contributed by atoms with Crippen molar-refractivity contribution in [2.75, 3.05) is 6.61 Å². The van der Waals surface area contributed by atoms with E-state index >= 15 is 0 Å². The van der Waals surface area contributed by atoms with Gasteiger partial charge in [0, 0.05) is 6.42 Å². The highest BCUT2D eigenvalue weighted by atomic mass is 16.3. The Labute approximate surface area is 397 Å². The van der Waals surface area contributed by atoms with Crippen molar-refractivity contribution in [2.45, 2.75) is 366 Å². The number of aliphatic hydroxyl groups is 2. The molecule has 1 amide bonds. The highest BCUT2D eigenvalue weighted by molar-refractivity contribution is 5.76. The van der Waals surface area contributed by atoms with E-state index in [1.54, 1.807) is 0 Å². The van der Waals surface area contributed by atoms with Crippen LogP contribution < -0.4 is 5.32 Å². The summed E-state index contributed by atoms with van der Waals surface area (Å²) < 4.78 is 0. The van der Waals surface area contributed by atoms with Crippen LogP contribution in [0.15, 0.2) is 0 Å². The first kappa shape index (κ1) is 62.4. The molecule has 0 rings (SSSR count). The zero-order valence-corrected chi connectivity index (χ0v) is 43.6. The molecule has 63 heavy (non-hydrogen) atoms. The maximum Gasteiger partial charge on any atom is 0.220 e. The Balaban J connectivity index is 3.36. The van der Waals surface area contributed by atoms with E-state index in [1.165, 1.54) is 302 Å². The lowest BCUT2D eigenvalue weighted by atomic mass is 10.0. The third kappa shape index (κ3) is 52.2. The summed E-state index contributed by atoms with van der Waals surface area (Å²) in [5.74, 6) is -0.0224. The van der Waals surface area contributed by atoms with Crippen molar-refractivity contribution in [3.05, 3.63) is 0 Å². The van der Waals surface area contributed by atoms with Crippen LogP contribution in [0.25, 0.3) is 0 Å². The maximum absolute atomic E-state index is 12.5. The number of carbonyl (C=O) groups is 1. The summed E-state index contributed by atoms with van der Waals surface area (Å²) in [6.45, 7) is 4.41. The van der Waals surface area contributed by atoms with Gasteiger partial charge in [-0.2, -0.15) is 0 Å². The molecule has 0 saturated heterocycles. The lowest BCUT2D eigenvalue weighted by Gasteiger charge is -2.22. The third-order valence-corrected chi connectivity index (χ3v) is 14.4. The second-order valence-electron chi connectivity index (χ2n) is 20.8. The standard InChI is InChI=1S/C59H119NO3/c1-3-5-7-9-11-13-15-17-19-21-23-24-25-26-27-28-29-30-31-32-33-34-35-36-37-38-40-42-44-46-48-50-52-54-58(62)57(56-61)60-59(63)55-53-51-49-47-45-43-41-39-22-20-18-16-14-12-10-8-6-4-2/h57-58,61-62H,3-56H2,1-2H3,(H,60,63). The second kappa shape index (κ2) is 55.7. The summed E-state index contributed by atoms with van der Waals surface area (Å²) in [4.78, 5) is 12.5. The fourth-order valence-electron chi connectivity index (χ4n) is 9.84. The first-order valence-corrected chi connectivity index (χ1v) is 29.7. The molecular formula is C59H119NO3. The molecule has 0 bridgehead atoms. The Bertz CT molecular complexity index is 834. The Morgan fingerprint density at radius 2 is 0.508 bits per heavy atom. The van der Waals surface area contributed by atoms with Gasteiger partial charge in [-0.1, -0.05) is 335 Å². The number of unbranched alkanes of at least 4 members (excludes halogenated alkanes) is 49. The van der Waals surface area contributed by atoms with E-state index in [9.17, 15) is 15.0 Å². The molecular weight excluding hydrogens is 771 g/mol. The average Bonchev–Trinajstić information content (AvgIpc) is 3.29. The minimum absolute atomic E-state index is 0.0224. The molecule has 4 heteroatoms. The highest BCUT2D eigenvalue weighted by Crippen LogP contribution is 2.19. The summed E-state index contributed by atoms with van der Waals surface area (Å²) in [6, 6.07) is -0.531. The Kier molecular flexibility index (Phi) is 55.2. The number of aliphatic hydroxyl groups excluding tert-OH is 2. The normalized spacial score (nSPS) is 12.6. The van der Waals surface area contributed by atoms with Gasteiger partial charge in [-0.05, 0) is 12.8 Å². The molecule has 0 heterocycles. The second-order valence-corrected chi connectivity index (χ2v) is 20.8. The zero-order valence-electron chi connectivity index (χ0n) is 43.6. The molecule has 0 fully saturated rings. The van der Waals surface area contributed by atoms with Crippen molar-refractivity contribution in [1.82, 2.24) is 5.32 Å². The quantitative estimate of drug-likeness (QED) is 0.0533. The summed E-state index contributed by atoms with van der Waals surface area (Å²) in [5, 5.41) is 23.4. The van der Waals surface area contributed by atoms with Crippen molar-refractivity contribution in [3.63, 3.8) is 0 Å². The van der Waals surface area contributed by atoms with E-state index in [1.807, 2.05) is 0 Å². The average molecular weight is 891 g/mol. The summed E-state index contributed by atoms with van der Waals surface area (Å²) in [6.07, 6.45) is 71.1. The van der Waals surface area contributed by atoms with Gasteiger partial charge >= 0.3 is 0 Å². The number of amides is 1. The van der Waals surface area contributed by atoms with E-state index in [0.717, 1.165) is 25.7 Å². The molecule has 378 valence electrons. The van der Waals surface area contributed by atoms with E-state index in [4.69, 9.17) is 0 Å². The number of hydrogen-bond acceptors (Lipinski definition) is 3. The van der Waals surface area contributed by atoms with Crippen LogP contribution in [0.5, 0.6) is 0 Å². The predicted octanol–water partition coefficient (Wildman–Crippen LogP) is 19.5. The Morgan fingerprint density at radius 3 is 0.714 bits per heavy atom. The van der Waals surface area contributed by atoms with Gasteiger partial charge in [0.15, 0.2) is 0 Å². The number of carbonyl (C=O) groups excluding carboxylic acids is 1. The van der Waals surface area contributed by atoms with Gasteiger partial charge in [0.2, 0.25) is 5.91 Å². The number of rotatable bonds is 56. The first-order chi connectivity index (χ1) is 31.2. The molecule has 0 aliphatic heterocycles. The van der Waals surface area contributed by atoms with Crippen LogP contribution in [0, 0.1) is 0 Å². The summed E-state index contributed by atoms with van der Waals surface area (Å²) in [7, 11) is 0. The molecule has 3 N–H and O–H groups in total. The fraction of sp³-hybridized carbons (Fsp3) is 0.983. The lowest BCUT2D eigenvalue weighted by Crippen LogP contribution is -2.45. The van der Waals surface area contributed by atoms with E-state index in [2.05, 4.69) is 19.2 Å². The molecule has 0 aliphatic rings. The van der Waals surface area contributed by atoms with Crippen molar-refractivity contribution in [1.29, 1.82) is 0 Å². The van der Waals surface area contributed by atoms with Crippen LogP contribution >= 0.6 is 0 Å². The summed E-state index contributed by atoms with van der Waals surface area (Å²) >= 11 is 0. The number of nitrogens with one attached hydrogen (secondary N) is 1. The fourth-order valence-corrected chi connectivity index (χ4v) is 9.84. The SMILES string of the molecule is CCCCCCCCCCCCCCCCCCCCCCCCCCCCCCCCCCCC(O)C(CO)NC(=O)CCCCCCCCCCCCCCCCCCCC. The van der Waals surface area contributed by atoms with Crippen molar-refractivity contribution < 1.29 is 15.0 Å². The van der Waals surface area contributed by atoms with Gasteiger partial charge in [-0.25, -0.2) is 0 Å². The predicted molar refractivity (Wildman–Crippen MR) is 281 cm³/mol. The molecule has 0 aromatic carbocycles. The van der Waals surface area contributed by atoms with E-state index in [-0.39, 0.29) is 12.5 Å². The van der Waals surface area contributed by atoms with Gasteiger partial charge in [0.05, 0.1) is 18.8 Å². The van der Waals surface area contributed by atoms with Crippen LogP contribution in [-0.4, -0.2) is 34.9 Å². The zero-order chi connectivity index (χ0) is 45.6. The molecule has 0 aliphatic carbocycles. The molecule has 0 spiro atoms. The topological polar surface area (TPSA) is 69.6 Å². The van der Waals surface area contributed by atoms with Crippen LogP contribution in [0.3, 0.4) is 0 Å². The number of hydrogen-bond donors (Lipinski definition) is 3. The first-order valence-electron chi connectivity index (χ1n) is 29.7. The summed E-state index contributed by atoms with van der Waals surface area (Å²) in [5.41, 5.74) is 0. The van der Waals surface area contributed by atoms with E-state index < -0.39 is 12.1 Å². The van der Waals surface area contributed by atoms with Gasteiger partial charge < -0.3 is 15.5 Å². The van der Waals surface area contributed by atoms with Crippen LogP contribution in [0.1, 0.15) is 354 Å². The van der Waals surface area contributed by atoms with Crippen molar-refractivity contribution in [3.8, 4) is 0 Å². The van der Waals surface area contributed by atoms with Crippen molar-refractivity contribution in [2.24, 2.45) is 0 Å². The van der Waals surface area contributed by atoms with E-state index in [0.29, 0.717) is 12.8 Å². The van der Waals surface area contributed by atoms with Gasteiger partial charge in [0.1, 0.15) is 0 Å². The minimum atomic E-state index is -0.655. The minimum Gasteiger partial charge on any atom is -0.394 e. The van der Waals surface area contributed by atoms with Crippen LogP contribution in [0.2, 0.25) is 0 Å². The molecule has 2 unspecified atom stereocenters. The third-order valence-electron chi connectivity index (χ3n) is 14.4. The molecule has 0 radical (unpaired) electrons. The van der Waals surface area contributed by atoms with Gasteiger partial charge in [-0.3, -0.25) is 4.79 Å². The smallest absolute Gasteiger partial charge is 0.220 e. The molecule has 4 nitrogen and oxygen atoms in total. The molecule has 0 aromatic heterocycles. The van der Waals surface area contributed by atoms with Crippen molar-refractivity contribution >= 4 is 5.91 Å². The largest absolute Gasteiger partial charge is 0.394 e. The van der Waals surface area contributed by atoms with Crippen LogP contribution in [-0.2, 0) is 4.79 Å².